The van der Waals surface area contributed by atoms with Gasteiger partial charge < -0.3 is 9.73 Å². The Morgan fingerprint density at radius 2 is 2.11 bits per heavy atom. The fourth-order valence-electron chi connectivity index (χ4n) is 1.34. The van der Waals surface area contributed by atoms with Crippen molar-refractivity contribution in [3.8, 4) is 0 Å². The highest BCUT2D eigenvalue weighted by Gasteiger charge is 2.04. The highest BCUT2D eigenvalue weighted by Crippen LogP contribution is 2.13. The number of rotatable bonds is 4. The molecular weight excluding hydrogens is 272 g/mol. The molecule has 0 saturated carbocycles. The van der Waals surface area contributed by atoms with E-state index in [4.69, 9.17) is 16.6 Å². The molecule has 2 aromatic rings. The maximum atomic E-state index is 13.3. The first-order chi connectivity index (χ1) is 9.15. The van der Waals surface area contributed by atoms with Crippen molar-refractivity contribution in [2.75, 3.05) is 5.43 Å². The minimum atomic E-state index is -0.707. The molecule has 2 rings (SSSR count). The van der Waals surface area contributed by atoms with Crippen LogP contribution in [0.4, 0.5) is 14.5 Å². The maximum absolute atomic E-state index is 13.3. The Morgan fingerprint density at radius 3 is 2.79 bits per heavy atom. The molecule has 1 aromatic heterocycles. The summed E-state index contributed by atoms with van der Waals surface area (Å²) in [6.45, 7) is 0.409. The first kappa shape index (κ1) is 13.3. The van der Waals surface area contributed by atoms with Crippen LogP contribution in [0.5, 0.6) is 0 Å². The lowest BCUT2D eigenvalue weighted by atomic mass is 10.3. The SMILES string of the molecule is Fc1ccc(NNC(=S)NCc2ccco2)c(F)c1. The third kappa shape index (κ3) is 3.92. The van der Waals surface area contributed by atoms with E-state index in [2.05, 4.69) is 16.2 Å². The van der Waals surface area contributed by atoms with Crippen LogP contribution in [-0.4, -0.2) is 5.11 Å². The van der Waals surface area contributed by atoms with E-state index in [9.17, 15) is 8.78 Å². The Kier molecular flexibility index (Phi) is 4.30. The molecule has 0 aliphatic heterocycles. The lowest BCUT2D eigenvalue weighted by molar-refractivity contribution is 0.502. The number of halogens is 2. The number of hydrogen-bond donors (Lipinski definition) is 3. The Bertz CT molecular complexity index is 560. The first-order valence-electron chi connectivity index (χ1n) is 5.42. The average Bonchev–Trinajstić information content (AvgIpc) is 2.88. The van der Waals surface area contributed by atoms with Crippen LogP contribution in [0, 0.1) is 11.6 Å². The van der Waals surface area contributed by atoms with Crippen molar-refractivity contribution in [1.29, 1.82) is 0 Å². The van der Waals surface area contributed by atoms with E-state index in [1.54, 1.807) is 18.4 Å². The van der Waals surface area contributed by atoms with Crippen LogP contribution >= 0.6 is 12.2 Å². The molecule has 19 heavy (non-hydrogen) atoms. The van der Waals surface area contributed by atoms with Crippen molar-refractivity contribution in [1.82, 2.24) is 10.7 Å². The third-order valence-electron chi connectivity index (χ3n) is 2.25. The van der Waals surface area contributed by atoms with Gasteiger partial charge in [0.2, 0.25) is 0 Å². The van der Waals surface area contributed by atoms with Gasteiger partial charge >= 0.3 is 0 Å². The fourth-order valence-corrected chi connectivity index (χ4v) is 1.46. The zero-order valence-electron chi connectivity index (χ0n) is 9.74. The zero-order valence-corrected chi connectivity index (χ0v) is 10.6. The second-order valence-corrected chi connectivity index (χ2v) is 4.04. The van der Waals surface area contributed by atoms with E-state index < -0.39 is 11.6 Å². The molecule has 0 radical (unpaired) electrons. The number of anilines is 1. The van der Waals surface area contributed by atoms with Gasteiger partial charge in [0.1, 0.15) is 11.6 Å². The molecule has 1 heterocycles. The number of thiocarbonyl (C=S) groups is 1. The summed E-state index contributed by atoms with van der Waals surface area (Å²) in [4.78, 5) is 0. The Morgan fingerprint density at radius 1 is 1.26 bits per heavy atom. The molecule has 0 fully saturated rings. The number of hydrazine groups is 1. The zero-order chi connectivity index (χ0) is 13.7. The number of nitrogens with one attached hydrogen (secondary N) is 3. The summed E-state index contributed by atoms with van der Waals surface area (Å²) in [6, 6.07) is 6.75. The summed E-state index contributed by atoms with van der Waals surface area (Å²) in [5.41, 5.74) is 5.23. The van der Waals surface area contributed by atoms with Gasteiger partial charge in [-0.1, -0.05) is 0 Å². The molecule has 0 aliphatic carbocycles. The van der Waals surface area contributed by atoms with Crippen LogP contribution in [0.3, 0.4) is 0 Å². The summed E-state index contributed by atoms with van der Waals surface area (Å²) >= 11 is 4.97. The quantitative estimate of drug-likeness (QED) is 0.594. The molecule has 0 bridgehead atoms. The molecule has 100 valence electrons. The Hall–Kier alpha value is -2.15. The molecule has 0 unspecified atom stereocenters. The second-order valence-electron chi connectivity index (χ2n) is 3.64. The minimum absolute atomic E-state index is 0.101. The van der Waals surface area contributed by atoms with Crippen LogP contribution in [0.1, 0.15) is 5.76 Å². The lowest BCUT2D eigenvalue weighted by Crippen LogP contribution is -2.38. The molecule has 0 saturated heterocycles. The van der Waals surface area contributed by atoms with Crippen LogP contribution in [0.25, 0.3) is 0 Å². The predicted octanol–water partition coefficient (Wildman–Crippen LogP) is 2.55. The molecule has 7 heteroatoms. The smallest absolute Gasteiger partial charge is 0.185 e. The highest BCUT2D eigenvalue weighted by atomic mass is 32.1. The molecule has 0 atom stereocenters. The monoisotopic (exact) mass is 283 g/mol. The summed E-state index contributed by atoms with van der Waals surface area (Å²) < 4.78 is 31.1. The first-order valence-corrected chi connectivity index (χ1v) is 5.83. The van der Waals surface area contributed by atoms with E-state index in [0.717, 1.165) is 17.9 Å². The Balaban J connectivity index is 1.80. The summed E-state index contributed by atoms with van der Waals surface area (Å²) in [5, 5.41) is 3.12. The average molecular weight is 283 g/mol. The van der Waals surface area contributed by atoms with Crippen molar-refractivity contribution in [3.63, 3.8) is 0 Å². The lowest BCUT2D eigenvalue weighted by Gasteiger charge is -2.12. The van der Waals surface area contributed by atoms with Crippen molar-refractivity contribution >= 4 is 23.0 Å². The molecule has 0 aliphatic rings. The normalized spacial score (nSPS) is 10.0. The van der Waals surface area contributed by atoms with E-state index in [1.165, 1.54) is 6.07 Å². The van der Waals surface area contributed by atoms with Gasteiger partial charge in [0, 0.05) is 6.07 Å². The standard InChI is InChI=1S/C12H11F2N3OS/c13-8-3-4-11(10(14)6-8)16-17-12(19)15-7-9-2-1-5-18-9/h1-6,16H,7H2,(H2,15,17,19). The van der Waals surface area contributed by atoms with Gasteiger partial charge in [-0.05, 0) is 36.5 Å². The number of benzene rings is 1. The summed E-state index contributed by atoms with van der Waals surface area (Å²) in [7, 11) is 0. The van der Waals surface area contributed by atoms with E-state index in [0.29, 0.717) is 6.54 Å². The van der Waals surface area contributed by atoms with Gasteiger partial charge in [-0.2, -0.15) is 0 Å². The number of hydrogen-bond acceptors (Lipinski definition) is 3. The van der Waals surface area contributed by atoms with Crippen LogP contribution in [0.15, 0.2) is 41.0 Å². The van der Waals surface area contributed by atoms with E-state index in [1.807, 2.05) is 0 Å². The molecule has 3 N–H and O–H groups in total. The van der Waals surface area contributed by atoms with Crippen LogP contribution < -0.4 is 16.2 Å². The van der Waals surface area contributed by atoms with Gasteiger partial charge in [-0.25, -0.2) is 8.78 Å². The van der Waals surface area contributed by atoms with Gasteiger partial charge in [0.25, 0.3) is 0 Å². The van der Waals surface area contributed by atoms with Crippen molar-refractivity contribution in [3.05, 3.63) is 54.0 Å². The van der Waals surface area contributed by atoms with Crippen molar-refractivity contribution in [2.45, 2.75) is 6.54 Å². The van der Waals surface area contributed by atoms with Gasteiger partial charge in [0.05, 0.1) is 18.5 Å². The minimum Gasteiger partial charge on any atom is -0.467 e. The van der Waals surface area contributed by atoms with Gasteiger partial charge in [-0.15, -0.1) is 0 Å². The Labute approximate surface area is 113 Å². The molecule has 1 aromatic carbocycles. The molecule has 4 nitrogen and oxygen atoms in total. The largest absolute Gasteiger partial charge is 0.467 e. The van der Waals surface area contributed by atoms with Gasteiger partial charge in [-0.3, -0.25) is 10.9 Å². The maximum Gasteiger partial charge on any atom is 0.185 e. The fraction of sp³-hybridized carbons (Fsp3) is 0.0833. The van der Waals surface area contributed by atoms with E-state index in [-0.39, 0.29) is 10.8 Å². The van der Waals surface area contributed by atoms with Gasteiger partial charge in [0.15, 0.2) is 10.9 Å². The molecule has 0 spiro atoms. The topological polar surface area (TPSA) is 49.2 Å². The summed E-state index contributed by atoms with van der Waals surface area (Å²) in [5.74, 6) is -0.625. The number of furan rings is 1. The second kappa shape index (κ2) is 6.14. The van der Waals surface area contributed by atoms with Crippen molar-refractivity contribution < 1.29 is 13.2 Å². The molecule has 0 amide bonds. The van der Waals surface area contributed by atoms with E-state index >= 15 is 0 Å². The summed E-state index contributed by atoms with van der Waals surface area (Å²) in [6.07, 6.45) is 1.56. The highest BCUT2D eigenvalue weighted by molar-refractivity contribution is 7.80. The van der Waals surface area contributed by atoms with Crippen molar-refractivity contribution in [2.24, 2.45) is 0 Å². The predicted molar refractivity (Wildman–Crippen MR) is 71.3 cm³/mol. The molecular formula is C12H11F2N3OS. The van der Waals surface area contributed by atoms with Crippen LogP contribution in [-0.2, 0) is 6.54 Å². The van der Waals surface area contributed by atoms with Crippen LogP contribution in [0.2, 0.25) is 0 Å². The third-order valence-corrected chi connectivity index (χ3v) is 2.49.